The van der Waals surface area contributed by atoms with Gasteiger partial charge in [-0.2, -0.15) is 0 Å². The van der Waals surface area contributed by atoms with Gasteiger partial charge in [0.15, 0.2) is 0 Å². The van der Waals surface area contributed by atoms with Crippen molar-refractivity contribution in [2.45, 2.75) is 32.7 Å². The second-order valence-corrected chi connectivity index (χ2v) is 6.37. The molecule has 1 saturated heterocycles. The average Bonchev–Trinajstić information content (AvgIpc) is 3.10. The van der Waals surface area contributed by atoms with Crippen LogP contribution >= 0.6 is 11.3 Å². The molecule has 0 saturated carbocycles. The van der Waals surface area contributed by atoms with E-state index < -0.39 is 30.3 Å². The van der Waals surface area contributed by atoms with Crippen molar-refractivity contribution in [2.75, 3.05) is 13.1 Å². The molecule has 0 aromatic carbocycles. The van der Waals surface area contributed by atoms with E-state index in [1.165, 1.54) is 11.3 Å². The van der Waals surface area contributed by atoms with Crippen molar-refractivity contribution in [1.82, 2.24) is 15.1 Å². The molecule has 7 nitrogen and oxygen atoms in total. The Bertz CT molecular complexity index is 614. The third kappa shape index (κ3) is 3.95. The number of nitrogens with one attached hydrogen (secondary N) is 1. The zero-order chi connectivity index (χ0) is 17.0. The molecule has 1 unspecified atom stereocenters. The fraction of sp³-hybridized carbons (Fsp3) is 0.467. The number of hydrogen-bond donors (Lipinski definition) is 1. The van der Waals surface area contributed by atoms with Gasteiger partial charge >= 0.3 is 17.8 Å². The molecule has 0 radical (unpaired) electrons. The molecular weight excluding hydrogens is 318 g/mol. The van der Waals surface area contributed by atoms with Crippen molar-refractivity contribution in [3.05, 3.63) is 22.4 Å². The lowest BCUT2D eigenvalue weighted by Gasteiger charge is -2.16. The highest BCUT2D eigenvalue weighted by Crippen LogP contribution is 2.15. The Morgan fingerprint density at radius 2 is 1.96 bits per heavy atom. The van der Waals surface area contributed by atoms with Gasteiger partial charge in [0, 0.05) is 23.9 Å². The van der Waals surface area contributed by atoms with Crippen LogP contribution in [0.15, 0.2) is 17.5 Å². The zero-order valence-electron chi connectivity index (χ0n) is 13.1. The first kappa shape index (κ1) is 17.1. The summed E-state index contributed by atoms with van der Waals surface area (Å²) in [5, 5.41) is 4.57. The minimum atomic E-state index is -0.944. The Morgan fingerprint density at radius 1 is 1.26 bits per heavy atom. The molecule has 1 atom stereocenters. The highest BCUT2D eigenvalue weighted by Gasteiger charge is 2.44. The first-order chi connectivity index (χ1) is 10.9. The number of amides is 5. The molecule has 0 bridgehead atoms. The Hall–Kier alpha value is -2.22. The number of hydrogen-bond acceptors (Lipinski definition) is 5. The van der Waals surface area contributed by atoms with Gasteiger partial charge in [-0.15, -0.1) is 11.3 Å². The number of thiophene rings is 1. The smallest absolute Gasteiger partial charge is 0.334 e. The van der Waals surface area contributed by atoms with Gasteiger partial charge in [0.25, 0.3) is 0 Å². The topological polar surface area (TPSA) is 86.8 Å². The molecule has 124 valence electrons. The van der Waals surface area contributed by atoms with E-state index in [-0.39, 0.29) is 12.6 Å². The van der Waals surface area contributed by atoms with Crippen LogP contribution in [-0.4, -0.2) is 52.7 Å². The molecule has 1 aliphatic heterocycles. The normalized spacial score (nSPS) is 16.2. The lowest BCUT2D eigenvalue weighted by molar-refractivity contribution is -0.144. The summed E-state index contributed by atoms with van der Waals surface area (Å²) < 4.78 is 0. The Balaban J connectivity index is 1.97. The first-order valence-electron chi connectivity index (χ1n) is 7.43. The van der Waals surface area contributed by atoms with Crippen LogP contribution in [-0.2, 0) is 20.8 Å². The number of carbonyl (C=O) groups is 4. The molecule has 0 spiro atoms. The molecule has 2 heterocycles. The first-order valence-corrected chi connectivity index (χ1v) is 8.31. The van der Waals surface area contributed by atoms with Gasteiger partial charge in [-0.05, 0) is 24.8 Å². The van der Waals surface area contributed by atoms with E-state index in [4.69, 9.17) is 0 Å². The van der Waals surface area contributed by atoms with Crippen LogP contribution in [0, 0.1) is 0 Å². The summed E-state index contributed by atoms with van der Waals surface area (Å²) in [6, 6.07) is 3.00. The molecule has 1 fully saturated rings. The zero-order valence-corrected chi connectivity index (χ0v) is 13.9. The molecule has 1 aromatic heterocycles. The Labute approximate surface area is 138 Å². The molecule has 5 amide bonds. The monoisotopic (exact) mass is 337 g/mol. The lowest BCUT2D eigenvalue weighted by atomic mass is 10.2. The van der Waals surface area contributed by atoms with Crippen LogP contribution in [0.2, 0.25) is 0 Å². The number of urea groups is 1. The summed E-state index contributed by atoms with van der Waals surface area (Å²) in [7, 11) is 0. The average molecular weight is 337 g/mol. The summed E-state index contributed by atoms with van der Waals surface area (Å²) in [6.45, 7) is 3.44. The molecule has 1 aromatic rings. The van der Waals surface area contributed by atoms with Crippen LogP contribution in [0.3, 0.4) is 0 Å². The summed E-state index contributed by atoms with van der Waals surface area (Å²) in [5.41, 5.74) is 0. The predicted octanol–water partition coefficient (Wildman–Crippen LogP) is 0.996. The minimum Gasteiger partial charge on any atom is -0.352 e. The van der Waals surface area contributed by atoms with Gasteiger partial charge in [-0.3, -0.25) is 19.3 Å². The van der Waals surface area contributed by atoms with Gasteiger partial charge in [-0.1, -0.05) is 13.0 Å². The number of nitrogens with zero attached hydrogens (tertiary/aromatic N) is 2. The Kier molecular flexibility index (Phi) is 5.49. The van der Waals surface area contributed by atoms with E-state index in [1.54, 1.807) is 0 Å². The number of imide groups is 2. The van der Waals surface area contributed by atoms with Crippen LogP contribution in [0.25, 0.3) is 0 Å². The predicted molar refractivity (Wildman–Crippen MR) is 84.7 cm³/mol. The van der Waals surface area contributed by atoms with Crippen LogP contribution in [0.5, 0.6) is 0 Å². The number of carbonyl (C=O) groups excluding carboxylic acids is 4. The van der Waals surface area contributed by atoms with E-state index in [0.29, 0.717) is 11.3 Å². The van der Waals surface area contributed by atoms with Crippen LogP contribution in [0.1, 0.15) is 25.1 Å². The summed E-state index contributed by atoms with van der Waals surface area (Å²) in [5.74, 6) is -2.27. The maximum absolute atomic E-state index is 12.2. The summed E-state index contributed by atoms with van der Waals surface area (Å²) >= 11 is 1.52. The molecule has 23 heavy (non-hydrogen) atoms. The second-order valence-electron chi connectivity index (χ2n) is 5.34. The van der Waals surface area contributed by atoms with Crippen LogP contribution < -0.4 is 5.32 Å². The fourth-order valence-electron chi connectivity index (χ4n) is 2.13. The van der Waals surface area contributed by atoms with Crippen molar-refractivity contribution in [2.24, 2.45) is 0 Å². The van der Waals surface area contributed by atoms with Crippen molar-refractivity contribution in [3.8, 4) is 0 Å². The van der Waals surface area contributed by atoms with Crippen molar-refractivity contribution >= 4 is 35.1 Å². The van der Waals surface area contributed by atoms with Gasteiger partial charge in [0.2, 0.25) is 5.91 Å². The SMILES string of the molecule is CCC(C)NC(=O)CN1C(=O)C(=O)N(CCc2cccs2)C1=O. The molecular formula is C15H19N3O4S. The minimum absolute atomic E-state index is 0.0547. The standard InChI is InChI=1S/C15H19N3O4S/c1-3-10(2)16-12(19)9-18-14(21)13(20)17(15(18)22)7-6-11-5-4-8-23-11/h4-5,8,10H,3,6-7,9H2,1-2H3,(H,16,19). The molecule has 1 N–H and O–H groups in total. The van der Waals surface area contributed by atoms with Crippen molar-refractivity contribution in [1.29, 1.82) is 0 Å². The van der Waals surface area contributed by atoms with Crippen molar-refractivity contribution in [3.63, 3.8) is 0 Å². The quantitative estimate of drug-likeness (QED) is 0.594. The summed E-state index contributed by atoms with van der Waals surface area (Å²) in [4.78, 5) is 50.5. The fourth-order valence-corrected chi connectivity index (χ4v) is 2.83. The van der Waals surface area contributed by atoms with Crippen molar-refractivity contribution < 1.29 is 19.2 Å². The highest BCUT2D eigenvalue weighted by atomic mass is 32.1. The third-order valence-electron chi connectivity index (χ3n) is 3.62. The van der Waals surface area contributed by atoms with Gasteiger partial charge in [0.1, 0.15) is 6.54 Å². The maximum atomic E-state index is 12.2. The van der Waals surface area contributed by atoms with Crippen LogP contribution in [0.4, 0.5) is 4.79 Å². The van der Waals surface area contributed by atoms with E-state index in [2.05, 4.69) is 5.32 Å². The highest BCUT2D eigenvalue weighted by molar-refractivity contribution is 7.09. The van der Waals surface area contributed by atoms with Gasteiger partial charge < -0.3 is 5.32 Å². The third-order valence-corrected chi connectivity index (χ3v) is 4.55. The van der Waals surface area contributed by atoms with E-state index >= 15 is 0 Å². The molecule has 8 heteroatoms. The molecule has 0 aliphatic carbocycles. The van der Waals surface area contributed by atoms with E-state index in [1.807, 2.05) is 31.4 Å². The van der Waals surface area contributed by atoms with Gasteiger partial charge in [0.05, 0.1) is 0 Å². The van der Waals surface area contributed by atoms with E-state index in [9.17, 15) is 19.2 Å². The molecule has 1 aliphatic rings. The second kappa shape index (κ2) is 7.36. The lowest BCUT2D eigenvalue weighted by Crippen LogP contribution is -2.44. The largest absolute Gasteiger partial charge is 0.352 e. The Morgan fingerprint density at radius 3 is 2.57 bits per heavy atom. The number of rotatable bonds is 7. The molecule has 2 rings (SSSR count). The van der Waals surface area contributed by atoms with Gasteiger partial charge in [-0.25, -0.2) is 9.69 Å². The maximum Gasteiger partial charge on any atom is 0.334 e. The summed E-state index contributed by atoms with van der Waals surface area (Å²) in [6.07, 6.45) is 1.23. The van der Waals surface area contributed by atoms with E-state index in [0.717, 1.165) is 16.2 Å².